The Morgan fingerprint density at radius 2 is 2.19 bits per heavy atom. The summed E-state index contributed by atoms with van der Waals surface area (Å²) in [5, 5.41) is 3.45. The molecule has 1 rings (SSSR count). The van der Waals surface area contributed by atoms with Crippen LogP contribution in [0.2, 0.25) is 0 Å². The summed E-state index contributed by atoms with van der Waals surface area (Å²) in [5.41, 5.74) is 6.84. The van der Waals surface area contributed by atoms with Crippen LogP contribution in [-0.4, -0.2) is 17.7 Å². The number of nitrogens with one attached hydrogen (secondary N) is 1. The van der Waals surface area contributed by atoms with Crippen molar-refractivity contribution in [1.29, 1.82) is 0 Å². The highest BCUT2D eigenvalue weighted by Gasteiger charge is 1.98. The minimum Gasteiger partial charge on any atom is -0.354 e. The van der Waals surface area contributed by atoms with Crippen molar-refractivity contribution >= 4 is 0 Å². The van der Waals surface area contributed by atoms with E-state index in [1.165, 1.54) is 12.0 Å². The van der Waals surface area contributed by atoms with Crippen LogP contribution in [0.1, 0.15) is 32.3 Å². The Morgan fingerprint density at radius 1 is 1.38 bits per heavy atom. The summed E-state index contributed by atoms with van der Waals surface area (Å²) in [7, 11) is 0. The van der Waals surface area contributed by atoms with Crippen LogP contribution < -0.4 is 11.1 Å². The third-order valence-electron chi connectivity index (χ3n) is 2.56. The van der Waals surface area contributed by atoms with Crippen molar-refractivity contribution in [2.75, 3.05) is 13.1 Å². The van der Waals surface area contributed by atoms with Crippen LogP contribution in [0.5, 0.6) is 0 Å². The van der Waals surface area contributed by atoms with E-state index in [9.17, 15) is 0 Å². The van der Waals surface area contributed by atoms with E-state index in [0.717, 1.165) is 32.6 Å². The molecule has 3 heteroatoms. The summed E-state index contributed by atoms with van der Waals surface area (Å²) in [6.07, 6.45) is 6.66. The number of aryl methyl sites for hydroxylation is 1. The van der Waals surface area contributed by atoms with Gasteiger partial charge in [0, 0.05) is 25.5 Å². The summed E-state index contributed by atoms with van der Waals surface area (Å²) >= 11 is 0. The summed E-state index contributed by atoms with van der Waals surface area (Å²) in [4.78, 5) is 0. The zero-order valence-electron chi connectivity index (χ0n) is 10.6. The van der Waals surface area contributed by atoms with E-state index in [1.54, 1.807) is 0 Å². The molecular formula is C13H25N3. The predicted molar refractivity (Wildman–Crippen MR) is 69.3 cm³/mol. The molecule has 0 aliphatic carbocycles. The molecule has 0 fully saturated rings. The fraction of sp³-hybridized carbons (Fsp3) is 0.692. The lowest BCUT2D eigenvalue weighted by atomic mass is 10.2. The van der Waals surface area contributed by atoms with Crippen molar-refractivity contribution in [3.8, 4) is 0 Å². The molecule has 0 saturated carbocycles. The van der Waals surface area contributed by atoms with Gasteiger partial charge in [0.15, 0.2) is 0 Å². The van der Waals surface area contributed by atoms with E-state index in [4.69, 9.17) is 5.73 Å². The third kappa shape index (κ3) is 5.33. The second kappa shape index (κ2) is 7.47. The molecule has 1 aromatic rings. The molecule has 1 heterocycles. The van der Waals surface area contributed by atoms with Gasteiger partial charge in [0.05, 0.1) is 0 Å². The van der Waals surface area contributed by atoms with E-state index >= 15 is 0 Å². The van der Waals surface area contributed by atoms with Gasteiger partial charge in [-0.1, -0.05) is 13.8 Å². The molecule has 0 atom stereocenters. The Labute approximate surface area is 99.0 Å². The molecule has 0 aliphatic heterocycles. The van der Waals surface area contributed by atoms with Crippen LogP contribution in [0.25, 0.3) is 0 Å². The molecule has 0 aliphatic rings. The van der Waals surface area contributed by atoms with Crippen LogP contribution in [-0.2, 0) is 13.1 Å². The van der Waals surface area contributed by atoms with E-state index in [1.807, 2.05) is 0 Å². The first-order chi connectivity index (χ1) is 7.72. The van der Waals surface area contributed by atoms with Crippen molar-refractivity contribution in [3.63, 3.8) is 0 Å². The second-order valence-electron chi connectivity index (χ2n) is 4.78. The van der Waals surface area contributed by atoms with Crippen molar-refractivity contribution in [2.45, 2.75) is 39.8 Å². The minimum atomic E-state index is 0.714. The second-order valence-corrected chi connectivity index (χ2v) is 4.78. The van der Waals surface area contributed by atoms with Gasteiger partial charge in [-0.2, -0.15) is 0 Å². The standard InChI is InChI=1S/C13H25N3/c1-12(2)9-15-10-13-5-8-16(11-13)7-4-3-6-14/h5,8,11-12,15H,3-4,6-7,9-10,14H2,1-2H3. The molecule has 0 bridgehead atoms. The first kappa shape index (κ1) is 13.3. The predicted octanol–water partition coefficient (Wildman–Crippen LogP) is 1.97. The summed E-state index contributed by atoms with van der Waals surface area (Å²) in [5.74, 6) is 0.714. The Balaban J connectivity index is 2.22. The SMILES string of the molecule is CC(C)CNCc1ccn(CCCCN)c1. The number of hydrogen-bond donors (Lipinski definition) is 2. The summed E-state index contributed by atoms with van der Waals surface area (Å²) in [6, 6.07) is 2.19. The molecule has 0 radical (unpaired) electrons. The number of unbranched alkanes of at least 4 members (excludes halogenated alkanes) is 1. The largest absolute Gasteiger partial charge is 0.354 e. The highest BCUT2D eigenvalue weighted by atomic mass is 14.9. The highest BCUT2D eigenvalue weighted by Crippen LogP contribution is 2.03. The van der Waals surface area contributed by atoms with E-state index < -0.39 is 0 Å². The Kier molecular flexibility index (Phi) is 6.19. The highest BCUT2D eigenvalue weighted by molar-refractivity contribution is 5.09. The average Bonchev–Trinajstić information content (AvgIpc) is 2.66. The van der Waals surface area contributed by atoms with Crippen LogP contribution in [0, 0.1) is 5.92 Å². The van der Waals surface area contributed by atoms with Crippen molar-refractivity contribution in [2.24, 2.45) is 11.7 Å². The van der Waals surface area contributed by atoms with Crippen molar-refractivity contribution in [3.05, 3.63) is 24.0 Å². The normalized spacial score (nSPS) is 11.2. The van der Waals surface area contributed by atoms with Gasteiger partial charge in [-0.25, -0.2) is 0 Å². The lowest BCUT2D eigenvalue weighted by Crippen LogP contribution is -2.18. The fourth-order valence-electron chi connectivity index (χ4n) is 1.68. The van der Waals surface area contributed by atoms with E-state index in [-0.39, 0.29) is 0 Å². The number of nitrogens with zero attached hydrogens (tertiary/aromatic N) is 1. The van der Waals surface area contributed by atoms with Crippen LogP contribution in [0.15, 0.2) is 18.5 Å². The lowest BCUT2D eigenvalue weighted by molar-refractivity contribution is 0.551. The zero-order chi connectivity index (χ0) is 11.8. The van der Waals surface area contributed by atoms with Gasteiger partial charge in [0.25, 0.3) is 0 Å². The lowest BCUT2D eigenvalue weighted by Gasteiger charge is -2.05. The molecule has 0 amide bonds. The first-order valence-electron chi connectivity index (χ1n) is 6.28. The Hall–Kier alpha value is -0.800. The number of rotatable bonds is 8. The smallest absolute Gasteiger partial charge is 0.0220 e. The third-order valence-corrected chi connectivity index (χ3v) is 2.56. The van der Waals surface area contributed by atoms with Gasteiger partial charge in [0.1, 0.15) is 0 Å². The van der Waals surface area contributed by atoms with E-state index in [2.05, 4.69) is 42.2 Å². The first-order valence-corrected chi connectivity index (χ1v) is 6.28. The quantitative estimate of drug-likeness (QED) is 0.662. The minimum absolute atomic E-state index is 0.714. The Morgan fingerprint density at radius 3 is 2.88 bits per heavy atom. The maximum absolute atomic E-state index is 5.47. The van der Waals surface area contributed by atoms with Gasteiger partial charge in [-0.3, -0.25) is 0 Å². The van der Waals surface area contributed by atoms with Crippen molar-refractivity contribution < 1.29 is 0 Å². The van der Waals surface area contributed by atoms with Gasteiger partial charge in [-0.15, -0.1) is 0 Å². The molecule has 0 aromatic carbocycles. The average molecular weight is 223 g/mol. The molecule has 0 saturated heterocycles. The fourth-order valence-corrected chi connectivity index (χ4v) is 1.68. The van der Waals surface area contributed by atoms with E-state index in [0.29, 0.717) is 5.92 Å². The number of aromatic nitrogens is 1. The monoisotopic (exact) mass is 223 g/mol. The molecule has 0 unspecified atom stereocenters. The summed E-state index contributed by atoms with van der Waals surface area (Å²) < 4.78 is 2.25. The maximum atomic E-state index is 5.47. The topological polar surface area (TPSA) is 43.0 Å². The van der Waals surface area contributed by atoms with Crippen LogP contribution in [0.3, 0.4) is 0 Å². The molecule has 3 nitrogen and oxygen atoms in total. The molecule has 16 heavy (non-hydrogen) atoms. The molecule has 92 valence electrons. The van der Waals surface area contributed by atoms with Crippen LogP contribution >= 0.6 is 0 Å². The van der Waals surface area contributed by atoms with Gasteiger partial charge in [-0.05, 0) is 43.5 Å². The van der Waals surface area contributed by atoms with Crippen LogP contribution in [0.4, 0.5) is 0 Å². The number of nitrogens with two attached hydrogens (primary N) is 1. The summed E-state index contributed by atoms with van der Waals surface area (Å²) in [6.45, 7) is 8.39. The molecule has 0 spiro atoms. The molecular weight excluding hydrogens is 198 g/mol. The molecule has 3 N–H and O–H groups in total. The zero-order valence-corrected chi connectivity index (χ0v) is 10.6. The maximum Gasteiger partial charge on any atom is 0.0220 e. The molecule has 1 aromatic heterocycles. The Bertz CT molecular complexity index is 278. The van der Waals surface area contributed by atoms with Gasteiger partial charge >= 0.3 is 0 Å². The van der Waals surface area contributed by atoms with Gasteiger partial charge in [0.2, 0.25) is 0 Å². The number of hydrogen-bond acceptors (Lipinski definition) is 2. The van der Waals surface area contributed by atoms with Gasteiger partial charge < -0.3 is 15.6 Å². The van der Waals surface area contributed by atoms with Crippen molar-refractivity contribution in [1.82, 2.24) is 9.88 Å².